The van der Waals surface area contributed by atoms with Gasteiger partial charge in [0.1, 0.15) is 6.61 Å². The SMILES string of the molecule is Cc1noc(COC2CCCN(Cc3cn(C)nc3C)C2)n1. The Labute approximate surface area is 130 Å². The van der Waals surface area contributed by atoms with Crippen LogP contribution in [0.15, 0.2) is 10.7 Å². The van der Waals surface area contributed by atoms with Gasteiger partial charge in [0.2, 0.25) is 0 Å². The van der Waals surface area contributed by atoms with Gasteiger partial charge in [0.05, 0.1) is 11.8 Å². The summed E-state index contributed by atoms with van der Waals surface area (Å²) in [5.41, 5.74) is 2.39. The van der Waals surface area contributed by atoms with Crippen LogP contribution >= 0.6 is 0 Å². The number of nitrogens with zero attached hydrogens (tertiary/aromatic N) is 5. The van der Waals surface area contributed by atoms with Crippen molar-refractivity contribution < 1.29 is 9.26 Å². The van der Waals surface area contributed by atoms with Gasteiger partial charge >= 0.3 is 0 Å². The lowest BCUT2D eigenvalue weighted by Crippen LogP contribution is -2.39. The third-order valence-electron chi connectivity index (χ3n) is 3.98. The van der Waals surface area contributed by atoms with Crippen molar-refractivity contribution in [2.45, 2.75) is 45.9 Å². The molecule has 3 heterocycles. The minimum atomic E-state index is 0.220. The Morgan fingerprint density at radius 3 is 2.95 bits per heavy atom. The number of ether oxygens (including phenoxy) is 1. The lowest BCUT2D eigenvalue weighted by Gasteiger charge is -2.32. The van der Waals surface area contributed by atoms with Gasteiger partial charge in [-0.15, -0.1) is 0 Å². The molecule has 0 saturated carbocycles. The molecule has 3 rings (SSSR count). The van der Waals surface area contributed by atoms with Crippen LogP contribution in [-0.2, 0) is 24.9 Å². The van der Waals surface area contributed by atoms with E-state index in [1.54, 1.807) is 0 Å². The van der Waals surface area contributed by atoms with Crippen molar-refractivity contribution in [1.29, 1.82) is 0 Å². The summed E-state index contributed by atoms with van der Waals surface area (Å²) < 4.78 is 12.9. The summed E-state index contributed by atoms with van der Waals surface area (Å²) in [6.45, 7) is 7.23. The maximum Gasteiger partial charge on any atom is 0.252 e. The Kier molecular flexibility index (Phi) is 4.54. The summed E-state index contributed by atoms with van der Waals surface area (Å²) in [6.07, 6.45) is 4.54. The Bertz CT molecular complexity index is 621. The van der Waals surface area contributed by atoms with Crippen molar-refractivity contribution >= 4 is 0 Å². The van der Waals surface area contributed by atoms with Crippen molar-refractivity contribution in [3.63, 3.8) is 0 Å². The molecule has 0 amide bonds. The van der Waals surface area contributed by atoms with E-state index in [0.717, 1.165) is 38.2 Å². The maximum absolute atomic E-state index is 5.93. The summed E-state index contributed by atoms with van der Waals surface area (Å²) in [6, 6.07) is 0. The molecule has 0 aliphatic carbocycles. The minimum absolute atomic E-state index is 0.220. The number of piperidine rings is 1. The second-order valence-electron chi connectivity index (χ2n) is 5.96. The Balaban J connectivity index is 1.51. The molecule has 0 bridgehead atoms. The molecule has 7 heteroatoms. The van der Waals surface area contributed by atoms with Gasteiger partial charge in [0.25, 0.3) is 5.89 Å². The fourth-order valence-corrected chi connectivity index (χ4v) is 2.93. The van der Waals surface area contributed by atoms with Crippen LogP contribution < -0.4 is 0 Å². The Hall–Kier alpha value is -1.73. The molecule has 120 valence electrons. The molecule has 7 nitrogen and oxygen atoms in total. The molecule has 0 aromatic carbocycles. The zero-order valence-electron chi connectivity index (χ0n) is 13.4. The summed E-state index contributed by atoms with van der Waals surface area (Å²) in [5.74, 6) is 1.20. The van der Waals surface area contributed by atoms with Gasteiger partial charge in [0.15, 0.2) is 5.82 Å². The zero-order chi connectivity index (χ0) is 15.5. The van der Waals surface area contributed by atoms with Gasteiger partial charge < -0.3 is 9.26 Å². The molecule has 1 fully saturated rings. The van der Waals surface area contributed by atoms with E-state index in [-0.39, 0.29) is 6.10 Å². The smallest absolute Gasteiger partial charge is 0.252 e. The second kappa shape index (κ2) is 6.58. The van der Waals surface area contributed by atoms with Crippen LogP contribution in [0.1, 0.15) is 35.8 Å². The van der Waals surface area contributed by atoms with Crippen LogP contribution in [0.25, 0.3) is 0 Å². The molecule has 0 spiro atoms. The first-order valence-corrected chi connectivity index (χ1v) is 7.72. The summed E-state index contributed by atoms with van der Waals surface area (Å²) >= 11 is 0. The van der Waals surface area contributed by atoms with Crippen molar-refractivity contribution in [2.24, 2.45) is 7.05 Å². The lowest BCUT2D eigenvalue weighted by atomic mass is 10.1. The molecular formula is C15H23N5O2. The van der Waals surface area contributed by atoms with Crippen molar-refractivity contribution in [3.8, 4) is 0 Å². The van der Waals surface area contributed by atoms with E-state index in [9.17, 15) is 0 Å². The standard InChI is InChI=1S/C15H23N5O2/c1-11-13(7-19(3)17-11)8-20-6-4-5-14(9-20)21-10-15-16-12(2)18-22-15/h7,14H,4-6,8-10H2,1-3H3. The molecular weight excluding hydrogens is 282 g/mol. The quantitative estimate of drug-likeness (QED) is 0.836. The zero-order valence-corrected chi connectivity index (χ0v) is 13.4. The minimum Gasteiger partial charge on any atom is -0.367 e. The van der Waals surface area contributed by atoms with Crippen LogP contribution in [0.4, 0.5) is 0 Å². The highest BCUT2D eigenvalue weighted by atomic mass is 16.5. The van der Waals surface area contributed by atoms with E-state index in [2.05, 4.69) is 33.3 Å². The summed E-state index contributed by atoms with van der Waals surface area (Å²) in [5, 5.41) is 8.18. The van der Waals surface area contributed by atoms with E-state index in [1.807, 2.05) is 18.7 Å². The number of hydrogen-bond donors (Lipinski definition) is 0. The molecule has 1 aliphatic heterocycles. The largest absolute Gasteiger partial charge is 0.367 e. The Morgan fingerprint density at radius 1 is 1.41 bits per heavy atom. The monoisotopic (exact) mass is 305 g/mol. The van der Waals surface area contributed by atoms with Crippen molar-refractivity contribution in [3.05, 3.63) is 29.2 Å². The summed E-state index contributed by atoms with van der Waals surface area (Å²) in [7, 11) is 1.96. The molecule has 22 heavy (non-hydrogen) atoms. The maximum atomic E-state index is 5.93. The topological polar surface area (TPSA) is 69.2 Å². The predicted octanol–water partition coefficient (Wildman–Crippen LogP) is 1.60. The molecule has 0 radical (unpaired) electrons. The number of hydrogen-bond acceptors (Lipinski definition) is 6. The first-order chi connectivity index (χ1) is 10.6. The second-order valence-corrected chi connectivity index (χ2v) is 5.96. The molecule has 1 unspecified atom stereocenters. The van der Waals surface area contributed by atoms with E-state index in [1.165, 1.54) is 5.56 Å². The van der Waals surface area contributed by atoms with Gasteiger partial charge in [-0.1, -0.05) is 5.16 Å². The van der Waals surface area contributed by atoms with Crippen LogP contribution in [0.3, 0.4) is 0 Å². The predicted molar refractivity (Wildman–Crippen MR) is 80.1 cm³/mol. The highest BCUT2D eigenvalue weighted by Crippen LogP contribution is 2.18. The lowest BCUT2D eigenvalue weighted by molar-refractivity contribution is -0.0211. The van der Waals surface area contributed by atoms with Gasteiger partial charge in [-0.2, -0.15) is 10.1 Å². The summed E-state index contributed by atoms with van der Waals surface area (Å²) in [4.78, 5) is 6.60. The first kappa shape index (κ1) is 15.2. The molecule has 1 saturated heterocycles. The molecule has 0 N–H and O–H groups in total. The van der Waals surface area contributed by atoms with Crippen LogP contribution in [-0.4, -0.2) is 44.0 Å². The Morgan fingerprint density at radius 2 is 2.27 bits per heavy atom. The highest BCUT2D eigenvalue weighted by Gasteiger charge is 2.22. The van der Waals surface area contributed by atoms with Gasteiger partial charge in [-0.3, -0.25) is 9.58 Å². The van der Waals surface area contributed by atoms with Crippen molar-refractivity contribution in [2.75, 3.05) is 13.1 Å². The van der Waals surface area contributed by atoms with Crippen LogP contribution in [0, 0.1) is 13.8 Å². The van der Waals surface area contributed by atoms with E-state index in [4.69, 9.17) is 9.26 Å². The van der Waals surface area contributed by atoms with Gasteiger partial charge in [-0.05, 0) is 33.2 Å². The number of rotatable bonds is 5. The molecule has 2 aromatic heterocycles. The van der Waals surface area contributed by atoms with Gasteiger partial charge in [0, 0.05) is 31.9 Å². The third-order valence-corrected chi connectivity index (χ3v) is 3.98. The number of likely N-dealkylation sites (tertiary alicyclic amines) is 1. The van der Waals surface area contributed by atoms with E-state index >= 15 is 0 Å². The number of aromatic nitrogens is 4. The average Bonchev–Trinajstić information content (AvgIpc) is 3.03. The van der Waals surface area contributed by atoms with Gasteiger partial charge in [-0.25, -0.2) is 0 Å². The number of aryl methyl sites for hydroxylation is 3. The van der Waals surface area contributed by atoms with Crippen LogP contribution in [0.2, 0.25) is 0 Å². The van der Waals surface area contributed by atoms with E-state index in [0.29, 0.717) is 18.3 Å². The first-order valence-electron chi connectivity index (χ1n) is 7.72. The molecule has 2 aromatic rings. The third kappa shape index (κ3) is 3.72. The normalized spacial score (nSPS) is 19.7. The van der Waals surface area contributed by atoms with E-state index < -0.39 is 0 Å². The van der Waals surface area contributed by atoms with Crippen LogP contribution in [0.5, 0.6) is 0 Å². The average molecular weight is 305 g/mol. The fraction of sp³-hybridized carbons (Fsp3) is 0.667. The van der Waals surface area contributed by atoms with Crippen molar-refractivity contribution in [1.82, 2.24) is 24.8 Å². The molecule has 1 atom stereocenters. The molecule has 1 aliphatic rings. The fourth-order valence-electron chi connectivity index (χ4n) is 2.93. The highest BCUT2D eigenvalue weighted by molar-refractivity contribution is 5.15.